The SMILES string of the molecule is CCNc1ccc(Cl)c(CN2CCC(CO)C2)n1. The van der Waals surface area contributed by atoms with Crippen molar-refractivity contribution >= 4 is 17.4 Å². The summed E-state index contributed by atoms with van der Waals surface area (Å²) in [5, 5.41) is 13.0. The van der Waals surface area contributed by atoms with Crippen LogP contribution in [0.4, 0.5) is 5.82 Å². The Hall–Kier alpha value is -0.840. The lowest BCUT2D eigenvalue weighted by molar-refractivity contribution is 0.219. The van der Waals surface area contributed by atoms with E-state index in [9.17, 15) is 0 Å². The molecule has 1 aliphatic rings. The van der Waals surface area contributed by atoms with Gasteiger partial charge in [0.25, 0.3) is 0 Å². The van der Waals surface area contributed by atoms with Crippen molar-refractivity contribution in [2.75, 3.05) is 31.6 Å². The molecule has 2 rings (SSSR count). The van der Waals surface area contributed by atoms with Crippen LogP contribution in [0, 0.1) is 5.92 Å². The van der Waals surface area contributed by atoms with Crippen molar-refractivity contribution in [2.45, 2.75) is 19.9 Å². The van der Waals surface area contributed by atoms with Gasteiger partial charge >= 0.3 is 0 Å². The average Bonchev–Trinajstić information content (AvgIpc) is 2.81. The number of halogens is 1. The van der Waals surface area contributed by atoms with E-state index in [4.69, 9.17) is 16.7 Å². The molecule has 0 saturated carbocycles. The highest BCUT2D eigenvalue weighted by Gasteiger charge is 2.22. The lowest BCUT2D eigenvalue weighted by Crippen LogP contribution is -2.22. The summed E-state index contributed by atoms with van der Waals surface area (Å²) in [5.74, 6) is 1.27. The zero-order chi connectivity index (χ0) is 13.0. The molecule has 18 heavy (non-hydrogen) atoms. The Labute approximate surface area is 113 Å². The van der Waals surface area contributed by atoms with Gasteiger partial charge in [-0.25, -0.2) is 4.98 Å². The second-order valence-corrected chi connectivity index (χ2v) is 5.13. The van der Waals surface area contributed by atoms with Crippen LogP contribution in [-0.2, 0) is 6.54 Å². The lowest BCUT2D eigenvalue weighted by atomic mass is 10.1. The molecular weight excluding hydrogens is 250 g/mol. The Balaban J connectivity index is 2.02. The van der Waals surface area contributed by atoms with Crippen LogP contribution in [0.5, 0.6) is 0 Å². The van der Waals surface area contributed by atoms with Gasteiger partial charge < -0.3 is 10.4 Å². The molecule has 1 aromatic heterocycles. The van der Waals surface area contributed by atoms with Crippen molar-refractivity contribution in [1.82, 2.24) is 9.88 Å². The van der Waals surface area contributed by atoms with E-state index in [1.807, 2.05) is 19.1 Å². The largest absolute Gasteiger partial charge is 0.396 e. The molecular formula is C13H20ClN3O. The predicted octanol–water partition coefficient (Wildman–Crippen LogP) is 1.98. The van der Waals surface area contributed by atoms with Crippen molar-refractivity contribution in [3.8, 4) is 0 Å². The van der Waals surface area contributed by atoms with Crippen molar-refractivity contribution in [2.24, 2.45) is 5.92 Å². The zero-order valence-corrected chi connectivity index (χ0v) is 11.5. The number of aromatic nitrogens is 1. The first-order chi connectivity index (χ1) is 8.72. The van der Waals surface area contributed by atoms with E-state index in [2.05, 4.69) is 15.2 Å². The van der Waals surface area contributed by atoms with Gasteiger partial charge in [0.1, 0.15) is 5.82 Å². The molecule has 0 aromatic carbocycles. The second kappa shape index (κ2) is 6.36. The first-order valence-electron chi connectivity index (χ1n) is 6.45. The molecule has 4 nitrogen and oxygen atoms in total. The summed E-state index contributed by atoms with van der Waals surface area (Å²) in [6.45, 7) is 5.87. The van der Waals surface area contributed by atoms with Crippen LogP contribution >= 0.6 is 11.6 Å². The van der Waals surface area contributed by atoms with E-state index >= 15 is 0 Å². The molecule has 1 fully saturated rings. The number of pyridine rings is 1. The van der Waals surface area contributed by atoms with Crippen molar-refractivity contribution in [1.29, 1.82) is 0 Å². The molecule has 1 saturated heterocycles. The first kappa shape index (κ1) is 13.6. The smallest absolute Gasteiger partial charge is 0.126 e. The predicted molar refractivity (Wildman–Crippen MR) is 73.9 cm³/mol. The van der Waals surface area contributed by atoms with Gasteiger partial charge in [-0.15, -0.1) is 0 Å². The molecule has 0 spiro atoms. The van der Waals surface area contributed by atoms with Crippen LogP contribution in [-0.4, -0.2) is 41.2 Å². The fourth-order valence-electron chi connectivity index (χ4n) is 2.29. The molecule has 2 heterocycles. The van der Waals surface area contributed by atoms with Gasteiger partial charge in [-0.05, 0) is 37.9 Å². The van der Waals surface area contributed by atoms with Crippen LogP contribution in [0.25, 0.3) is 0 Å². The third-order valence-electron chi connectivity index (χ3n) is 3.28. The van der Waals surface area contributed by atoms with E-state index in [1.165, 1.54) is 0 Å². The molecule has 2 N–H and O–H groups in total. The van der Waals surface area contributed by atoms with Crippen LogP contribution in [0.15, 0.2) is 12.1 Å². The molecule has 0 amide bonds. The summed E-state index contributed by atoms with van der Waals surface area (Å²) in [7, 11) is 0. The number of likely N-dealkylation sites (tertiary alicyclic amines) is 1. The van der Waals surface area contributed by atoms with E-state index in [0.717, 1.165) is 44.1 Å². The zero-order valence-electron chi connectivity index (χ0n) is 10.7. The highest BCUT2D eigenvalue weighted by atomic mass is 35.5. The summed E-state index contributed by atoms with van der Waals surface area (Å²) in [6.07, 6.45) is 1.06. The second-order valence-electron chi connectivity index (χ2n) is 4.73. The minimum atomic E-state index is 0.273. The van der Waals surface area contributed by atoms with Gasteiger partial charge in [-0.1, -0.05) is 11.6 Å². The standard InChI is InChI=1S/C13H20ClN3O/c1-2-15-13-4-3-11(14)12(16-13)8-17-6-5-10(7-17)9-18/h3-4,10,18H,2,5-9H2,1H3,(H,15,16). The summed E-state index contributed by atoms with van der Waals surface area (Å²) in [5.41, 5.74) is 0.911. The van der Waals surface area contributed by atoms with Gasteiger partial charge in [0.2, 0.25) is 0 Å². The fraction of sp³-hybridized carbons (Fsp3) is 0.615. The van der Waals surface area contributed by atoms with E-state index in [-0.39, 0.29) is 6.61 Å². The summed E-state index contributed by atoms with van der Waals surface area (Å²) >= 11 is 6.18. The Bertz CT molecular complexity index is 400. The summed E-state index contributed by atoms with van der Waals surface area (Å²) in [6, 6.07) is 3.79. The van der Waals surface area contributed by atoms with Crippen LogP contribution in [0.2, 0.25) is 5.02 Å². The molecule has 0 aliphatic carbocycles. The van der Waals surface area contributed by atoms with Gasteiger partial charge in [-0.2, -0.15) is 0 Å². The quantitative estimate of drug-likeness (QED) is 0.858. The van der Waals surface area contributed by atoms with E-state index in [1.54, 1.807) is 0 Å². The van der Waals surface area contributed by atoms with Crippen molar-refractivity contribution in [3.63, 3.8) is 0 Å². The van der Waals surface area contributed by atoms with Crippen molar-refractivity contribution < 1.29 is 5.11 Å². The normalized spacial score (nSPS) is 20.3. The van der Waals surface area contributed by atoms with Gasteiger partial charge in [-0.3, -0.25) is 4.90 Å². The topological polar surface area (TPSA) is 48.4 Å². The number of aliphatic hydroxyl groups is 1. The van der Waals surface area contributed by atoms with Crippen LogP contribution in [0.1, 0.15) is 19.0 Å². The Morgan fingerprint density at radius 1 is 1.56 bits per heavy atom. The lowest BCUT2D eigenvalue weighted by Gasteiger charge is -2.16. The molecule has 0 radical (unpaired) electrons. The fourth-order valence-corrected chi connectivity index (χ4v) is 2.46. The Morgan fingerprint density at radius 2 is 2.39 bits per heavy atom. The van der Waals surface area contributed by atoms with Gasteiger partial charge in [0.15, 0.2) is 0 Å². The molecule has 100 valence electrons. The maximum absolute atomic E-state index is 9.14. The Morgan fingerprint density at radius 3 is 3.06 bits per heavy atom. The third kappa shape index (κ3) is 3.34. The van der Waals surface area contributed by atoms with Crippen LogP contribution < -0.4 is 5.32 Å². The van der Waals surface area contributed by atoms with Gasteiger partial charge in [0.05, 0.1) is 10.7 Å². The summed E-state index contributed by atoms with van der Waals surface area (Å²) < 4.78 is 0. The first-order valence-corrected chi connectivity index (χ1v) is 6.83. The van der Waals surface area contributed by atoms with Gasteiger partial charge in [0, 0.05) is 26.2 Å². The number of hydrogen-bond acceptors (Lipinski definition) is 4. The minimum Gasteiger partial charge on any atom is -0.396 e. The molecule has 5 heteroatoms. The molecule has 1 aliphatic heterocycles. The Kier molecular flexibility index (Phi) is 4.80. The highest BCUT2D eigenvalue weighted by Crippen LogP contribution is 2.22. The maximum atomic E-state index is 9.14. The van der Waals surface area contributed by atoms with Crippen molar-refractivity contribution in [3.05, 3.63) is 22.8 Å². The average molecular weight is 270 g/mol. The highest BCUT2D eigenvalue weighted by molar-refractivity contribution is 6.31. The molecule has 1 unspecified atom stereocenters. The monoisotopic (exact) mass is 269 g/mol. The van der Waals surface area contributed by atoms with E-state index < -0.39 is 0 Å². The number of anilines is 1. The number of rotatable bonds is 5. The van der Waals surface area contributed by atoms with E-state index in [0.29, 0.717) is 10.9 Å². The molecule has 1 aromatic rings. The number of nitrogens with zero attached hydrogens (tertiary/aromatic N) is 2. The number of hydrogen-bond donors (Lipinski definition) is 2. The summed E-state index contributed by atoms with van der Waals surface area (Å²) in [4.78, 5) is 6.83. The number of nitrogens with one attached hydrogen (secondary N) is 1. The third-order valence-corrected chi connectivity index (χ3v) is 3.62. The number of aliphatic hydroxyl groups excluding tert-OH is 1. The molecule has 0 bridgehead atoms. The minimum absolute atomic E-state index is 0.273. The molecule has 1 atom stereocenters. The van der Waals surface area contributed by atoms with Crippen LogP contribution in [0.3, 0.4) is 0 Å². The maximum Gasteiger partial charge on any atom is 0.126 e.